The highest BCUT2D eigenvalue weighted by molar-refractivity contribution is 6.29. The van der Waals surface area contributed by atoms with Gasteiger partial charge < -0.3 is 4.42 Å². The molecule has 0 fully saturated rings. The van der Waals surface area contributed by atoms with E-state index >= 15 is 0 Å². The van der Waals surface area contributed by atoms with Gasteiger partial charge in [-0.1, -0.05) is 0 Å². The van der Waals surface area contributed by atoms with E-state index in [4.69, 9.17) is 16.0 Å². The maximum atomic E-state index is 5.46. The van der Waals surface area contributed by atoms with E-state index in [1.807, 2.05) is 13.0 Å². The summed E-state index contributed by atoms with van der Waals surface area (Å²) in [5.74, 6) is 0. The molecule has 0 N–H and O–H groups in total. The second kappa shape index (κ2) is 1.58. The van der Waals surface area contributed by atoms with Crippen LogP contribution >= 0.6 is 11.6 Å². The molecule has 0 amide bonds. The van der Waals surface area contributed by atoms with E-state index in [0.717, 1.165) is 5.56 Å². The summed E-state index contributed by atoms with van der Waals surface area (Å²) in [4.78, 5) is 0. The van der Waals surface area contributed by atoms with E-state index in [9.17, 15) is 0 Å². The fraction of sp³-hybridized carbons (Fsp3) is 0.200. The molecule has 0 unspecified atom stereocenters. The zero-order valence-electron chi connectivity index (χ0n) is 3.94. The smallest absolute Gasteiger partial charge is 0.195 e. The fourth-order valence-electron chi connectivity index (χ4n) is 0.354. The standard InChI is InChI=1S/C5H5ClO/c1-4-2-3-7-5(4)6/h2-3H,1H3. The first kappa shape index (κ1) is 4.72. The third-order valence-electron chi connectivity index (χ3n) is 0.800. The number of halogens is 1. The molecule has 0 atom stereocenters. The molecule has 38 valence electrons. The van der Waals surface area contributed by atoms with Gasteiger partial charge in [-0.25, -0.2) is 0 Å². The minimum absolute atomic E-state index is 0.486. The molecule has 1 nitrogen and oxygen atoms in total. The molecule has 0 radical (unpaired) electrons. The summed E-state index contributed by atoms with van der Waals surface area (Å²) >= 11 is 5.46. The van der Waals surface area contributed by atoms with Crippen molar-refractivity contribution in [2.75, 3.05) is 0 Å². The van der Waals surface area contributed by atoms with Crippen molar-refractivity contribution in [3.63, 3.8) is 0 Å². The molecule has 0 spiro atoms. The number of rotatable bonds is 0. The molecule has 1 aromatic rings. The lowest BCUT2D eigenvalue weighted by Crippen LogP contribution is -1.56. The average molecular weight is 117 g/mol. The Morgan fingerprint density at radius 1 is 1.71 bits per heavy atom. The van der Waals surface area contributed by atoms with Crippen LogP contribution in [0.5, 0.6) is 0 Å². The first-order valence-electron chi connectivity index (χ1n) is 2.00. The first-order chi connectivity index (χ1) is 3.30. The van der Waals surface area contributed by atoms with Crippen LogP contribution in [0.4, 0.5) is 0 Å². The van der Waals surface area contributed by atoms with E-state index in [-0.39, 0.29) is 0 Å². The van der Waals surface area contributed by atoms with Crippen molar-refractivity contribution in [3.8, 4) is 0 Å². The van der Waals surface area contributed by atoms with Gasteiger partial charge in [-0.15, -0.1) is 0 Å². The van der Waals surface area contributed by atoms with Crippen LogP contribution in [-0.4, -0.2) is 0 Å². The Balaban J connectivity index is 3.12. The van der Waals surface area contributed by atoms with Gasteiger partial charge in [0.1, 0.15) is 0 Å². The maximum absolute atomic E-state index is 5.46. The summed E-state index contributed by atoms with van der Waals surface area (Å²) in [5, 5.41) is 0.486. The Morgan fingerprint density at radius 3 is 2.57 bits per heavy atom. The quantitative estimate of drug-likeness (QED) is 0.507. The summed E-state index contributed by atoms with van der Waals surface area (Å²) in [7, 11) is 0. The van der Waals surface area contributed by atoms with Crippen molar-refractivity contribution in [1.82, 2.24) is 0 Å². The van der Waals surface area contributed by atoms with Crippen LogP contribution in [0.1, 0.15) is 5.56 Å². The Morgan fingerprint density at radius 2 is 2.43 bits per heavy atom. The lowest BCUT2D eigenvalue weighted by Gasteiger charge is -1.75. The number of furan rings is 1. The number of hydrogen-bond acceptors (Lipinski definition) is 1. The van der Waals surface area contributed by atoms with E-state index in [1.165, 1.54) is 0 Å². The average Bonchev–Trinajstić information content (AvgIpc) is 1.91. The molecule has 0 aliphatic rings. The Labute approximate surface area is 46.9 Å². The van der Waals surface area contributed by atoms with Crippen LogP contribution in [0.3, 0.4) is 0 Å². The summed E-state index contributed by atoms with van der Waals surface area (Å²) in [6.07, 6.45) is 1.57. The third-order valence-corrected chi connectivity index (χ3v) is 1.19. The summed E-state index contributed by atoms with van der Waals surface area (Å²) in [6.45, 7) is 1.89. The van der Waals surface area contributed by atoms with Crippen LogP contribution < -0.4 is 0 Å². The molecular weight excluding hydrogens is 112 g/mol. The van der Waals surface area contributed by atoms with Gasteiger partial charge in [0.05, 0.1) is 6.26 Å². The van der Waals surface area contributed by atoms with Crippen LogP contribution in [0.25, 0.3) is 0 Å². The fourth-order valence-corrected chi connectivity index (χ4v) is 0.469. The van der Waals surface area contributed by atoms with Crippen molar-refractivity contribution >= 4 is 11.6 Å². The number of hydrogen-bond donors (Lipinski definition) is 0. The lowest BCUT2D eigenvalue weighted by molar-refractivity contribution is 0.567. The van der Waals surface area contributed by atoms with Gasteiger partial charge in [0.15, 0.2) is 5.22 Å². The summed E-state index contributed by atoms with van der Waals surface area (Å²) in [6, 6.07) is 1.82. The largest absolute Gasteiger partial charge is 0.453 e. The molecule has 0 aliphatic carbocycles. The molecule has 0 aliphatic heterocycles. The Bertz CT molecular complexity index is 140. The highest BCUT2D eigenvalue weighted by Gasteiger charge is 1.91. The highest BCUT2D eigenvalue weighted by Crippen LogP contribution is 2.13. The van der Waals surface area contributed by atoms with Crippen LogP contribution in [0.15, 0.2) is 16.7 Å². The van der Waals surface area contributed by atoms with Gasteiger partial charge in [0.25, 0.3) is 0 Å². The molecule has 0 saturated heterocycles. The number of aryl methyl sites for hydroxylation is 1. The molecule has 0 aromatic carbocycles. The van der Waals surface area contributed by atoms with Crippen molar-refractivity contribution in [3.05, 3.63) is 23.1 Å². The van der Waals surface area contributed by atoms with Gasteiger partial charge in [-0.3, -0.25) is 0 Å². The molecular formula is C5H5ClO. The van der Waals surface area contributed by atoms with Gasteiger partial charge in [0, 0.05) is 5.56 Å². The normalized spacial score (nSPS) is 9.43. The van der Waals surface area contributed by atoms with E-state index in [2.05, 4.69) is 0 Å². The van der Waals surface area contributed by atoms with Gasteiger partial charge in [-0.2, -0.15) is 0 Å². The van der Waals surface area contributed by atoms with Crippen LogP contribution in [-0.2, 0) is 0 Å². The molecule has 0 bridgehead atoms. The predicted octanol–water partition coefficient (Wildman–Crippen LogP) is 2.24. The molecule has 1 aromatic heterocycles. The van der Waals surface area contributed by atoms with Gasteiger partial charge in [0.2, 0.25) is 0 Å². The molecule has 7 heavy (non-hydrogen) atoms. The summed E-state index contributed by atoms with van der Waals surface area (Å²) < 4.78 is 4.73. The molecule has 2 heteroatoms. The monoisotopic (exact) mass is 116 g/mol. The van der Waals surface area contributed by atoms with Gasteiger partial charge in [-0.05, 0) is 24.6 Å². The van der Waals surface area contributed by atoms with Crippen molar-refractivity contribution in [1.29, 1.82) is 0 Å². The molecule has 0 saturated carbocycles. The minimum atomic E-state index is 0.486. The van der Waals surface area contributed by atoms with Crippen LogP contribution in [0.2, 0.25) is 5.22 Å². The zero-order valence-corrected chi connectivity index (χ0v) is 4.70. The van der Waals surface area contributed by atoms with E-state index in [1.54, 1.807) is 6.26 Å². The second-order valence-electron chi connectivity index (χ2n) is 1.38. The predicted molar refractivity (Wildman–Crippen MR) is 28.5 cm³/mol. The first-order valence-corrected chi connectivity index (χ1v) is 2.38. The summed E-state index contributed by atoms with van der Waals surface area (Å²) in [5.41, 5.74) is 0.988. The van der Waals surface area contributed by atoms with E-state index < -0.39 is 0 Å². The van der Waals surface area contributed by atoms with Crippen molar-refractivity contribution in [2.45, 2.75) is 6.92 Å². The Kier molecular flexibility index (Phi) is 1.07. The molecule has 1 heterocycles. The highest BCUT2D eigenvalue weighted by atomic mass is 35.5. The third kappa shape index (κ3) is 0.775. The van der Waals surface area contributed by atoms with Crippen molar-refractivity contribution in [2.24, 2.45) is 0 Å². The Hall–Kier alpha value is -0.430. The second-order valence-corrected chi connectivity index (χ2v) is 1.72. The molecule has 1 rings (SSSR count). The van der Waals surface area contributed by atoms with Crippen LogP contribution in [0, 0.1) is 6.92 Å². The lowest BCUT2D eigenvalue weighted by atomic mass is 10.4. The minimum Gasteiger partial charge on any atom is -0.453 e. The van der Waals surface area contributed by atoms with Gasteiger partial charge >= 0.3 is 0 Å². The SMILES string of the molecule is Cc1ccoc1Cl. The zero-order chi connectivity index (χ0) is 5.28. The van der Waals surface area contributed by atoms with E-state index in [0.29, 0.717) is 5.22 Å². The topological polar surface area (TPSA) is 13.1 Å². The maximum Gasteiger partial charge on any atom is 0.195 e. The van der Waals surface area contributed by atoms with Crippen molar-refractivity contribution < 1.29 is 4.42 Å².